The van der Waals surface area contributed by atoms with Gasteiger partial charge in [-0.05, 0) is 31.2 Å². The highest BCUT2D eigenvalue weighted by atomic mass is 35.5. The van der Waals surface area contributed by atoms with Crippen molar-refractivity contribution in [2.24, 2.45) is 5.92 Å². The summed E-state index contributed by atoms with van der Waals surface area (Å²) in [4.78, 5) is 29.9. The number of nitrogens with one attached hydrogen (secondary N) is 1. The number of carbonyl (C=O) groups is 2. The number of rotatable bonds is 4. The fourth-order valence-corrected chi connectivity index (χ4v) is 2.60. The van der Waals surface area contributed by atoms with Crippen LogP contribution in [0.25, 0.3) is 0 Å². The predicted octanol–water partition coefficient (Wildman–Crippen LogP) is 1.70. The monoisotopic (exact) mass is 334 g/mol. The smallest absolute Gasteiger partial charge is 0.246 e. The van der Waals surface area contributed by atoms with Gasteiger partial charge < -0.3 is 14.7 Å². The third-order valence-electron chi connectivity index (χ3n) is 3.62. The lowest BCUT2D eigenvalue weighted by molar-refractivity contribution is -0.126. The van der Waals surface area contributed by atoms with Crippen molar-refractivity contribution in [2.75, 3.05) is 11.4 Å². The van der Waals surface area contributed by atoms with Gasteiger partial charge in [-0.3, -0.25) is 9.59 Å². The highest BCUT2D eigenvalue weighted by Gasteiger charge is 2.35. The maximum atomic E-state index is 12.2. The van der Waals surface area contributed by atoms with E-state index < -0.39 is 5.92 Å². The third-order valence-corrected chi connectivity index (χ3v) is 3.87. The number of amides is 2. The first-order valence-corrected chi connectivity index (χ1v) is 7.53. The lowest BCUT2D eigenvalue weighted by Crippen LogP contribution is -2.32. The molecule has 0 saturated carbocycles. The average Bonchev–Trinajstić information content (AvgIpc) is 3.12. The first-order chi connectivity index (χ1) is 11.0. The van der Waals surface area contributed by atoms with Crippen molar-refractivity contribution in [3.8, 4) is 0 Å². The molecule has 2 heterocycles. The normalized spacial score (nSPS) is 17.6. The molecular weight excluding hydrogens is 320 g/mol. The number of anilines is 1. The van der Waals surface area contributed by atoms with Crippen LogP contribution in [0.2, 0.25) is 5.02 Å². The minimum atomic E-state index is -0.401. The topological polar surface area (TPSA) is 88.3 Å². The molecule has 1 aromatic heterocycles. The van der Waals surface area contributed by atoms with E-state index in [1.807, 2.05) is 0 Å². The molecule has 1 N–H and O–H groups in total. The van der Waals surface area contributed by atoms with E-state index >= 15 is 0 Å². The number of nitrogens with zero attached hydrogens (tertiary/aromatic N) is 3. The van der Waals surface area contributed by atoms with Gasteiger partial charge in [-0.25, -0.2) is 0 Å². The maximum absolute atomic E-state index is 12.2. The number of hydrogen-bond donors (Lipinski definition) is 1. The van der Waals surface area contributed by atoms with Crippen LogP contribution in [0.1, 0.15) is 18.1 Å². The van der Waals surface area contributed by atoms with Crippen molar-refractivity contribution in [3.05, 3.63) is 41.0 Å². The summed E-state index contributed by atoms with van der Waals surface area (Å²) in [6.07, 6.45) is 0.178. The van der Waals surface area contributed by atoms with Crippen LogP contribution < -0.4 is 10.2 Å². The molecule has 1 atom stereocenters. The van der Waals surface area contributed by atoms with Crippen LogP contribution in [0.3, 0.4) is 0 Å². The summed E-state index contributed by atoms with van der Waals surface area (Å²) in [6, 6.07) is 6.97. The molecule has 2 aromatic rings. The number of benzene rings is 1. The van der Waals surface area contributed by atoms with E-state index in [1.165, 1.54) is 0 Å². The first kappa shape index (κ1) is 15.5. The Balaban J connectivity index is 1.60. The average molecular weight is 335 g/mol. The standard InChI is InChI=1S/C15H15ClN4O3/c1-9-18-13(23-19-9)7-17-15(22)10-6-14(21)20(8-10)12-4-2-11(16)3-5-12/h2-5,10H,6-8H2,1H3,(H,17,22). The zero-order chi connectivity index (χ0) is 16.4. The Morgan fingerprint density at radius 1 is 1.43 bits per heavy atom. The van der Waals surface area contributed by atoms with Crippen LogP contribution in [0, 0.1) is 12.8 Å². The fraction of sp³-hybridized carbons (Fsp3) is 0.333. The molecule has 23 heavy (non-hydrogen) atoms. The van der Waals surface area contributed by atoms with Crippen LogP contribution in [-0.2, 0) is 16.1 Å². The molecule has 1 fully saturated rings. The zero-order valence-corrected chi connectivity index (χ0v) is 13.2. The highest BCUT2D eigenvalue weighted by molar-refractivity contribution is 6.30. The van der Waals surface area contributed by atoms with Crippen LogP contribution in [-0.4, -0.2) is 28.5 Å². The molecule has 0 spiro atoms. The quantitative estimate of drug-likeness (QED) is 0.919. The second kappa shape index (κ2) is 6.37. The van der Waals surface area contributed by atoms with E-state index in [9.17, 15) is 9.59 Å². The Bertz CT molecular complexity index is 729. The molecule has 120 valence electrons. The molecule has 0 aliphatic carbocycles. The lowest BCUT2D eigenvalue weighted by Gasteiger charge is -2.16. The Labute approximate surface area is 137 Å². The molecule has 3 rings (SSSR count). The Kier molecular flexibility index (Phi) is 4.29. The Morgan fingerprint density at radius 3 is 2.83 bits per heavy atom. The predicted molar refractivity (Wildman–Crippen MR) is 82.8 cm³/mol. The SMILES string of the molecule is Cc1noc(CNC(=O)C2CC(=O)N(c3ccc(Cl)cc3)C2)n1. The number of aromatic nitrogens is 2. The molecule has 1 saturated heterocycles. The third kappa shape index (κ3) is 3.50. The molecular formula is C15H15ClN4O3. The molecule has 2 amide bonds. The van der Waals surface area contributed by atoms with Crippen LogP contribution in [0.5, 0.6) is 0 Å². The van der Waals surface area contributed by atoms with E-state index in [-0.39, 0.29) is 24.8 Å². The van der Waals surface area contributed by atoms with Crippen LogP contribution in [0.15, 0.2) is 28.8 Å². The number of hydrogen-bond acceptors (Lipinski definition) is 5. The molecule has 1 aromatic carbocycles. The Morgan fingerprint density at radius 2 is 2.17 bits per heavy atom. The summed E-state index contributed by atoms with van der Waals surface area (Å²) < 4.78 is 4.93. The summed E-state index contributed by atoms with van der Waals surface area (Å²) in [5.74, 6) is 0.169. The fourth-order valence-electron chi connectivity index (χ4n) is 2.47. The van der Waals surface area contributed by atoms with Gasteiger partial charge in [0.1, 0.15) is 0 Å². The van der Waals surface area contributed by atoms with E-state index in [0.717, 1.165) is 5.69 Å². The number of halogens is 1. The van der Waals surface area contributed by atoms with Crippen molar-refractivity contribution < 1.29 is 14.1 Å². The molecule has 1 aliphatic rings. The molecule has 0 bridgehead atoms. The van der Waals surface area contributed by atoms with Crippen molar-refractivity contribution in [3.63, 3.8) is 0 Å². The molecule has 8 heteroatoms. The van der Waals surface area contributed by atoms with Crippen molar-refractivity contribution in [1.82, 2.24) is 15.5 Å². The minimum absolute atomic E-state index is 0.0823. The summed E-state index contributed by atoms with van der Waals surface area (Å²) >= 11 is 5.85. The van der Waals surface area contributed by atoms with E-state index in [1.54, 1.807) is 36.1 Å². The van der Waals surface area contributed by atoms with E-state index in [0.29, 0.717) is 23.3 Å². The van der Waals surface area contributed by atoms with Crippen LogP contribution >= 0.6 is 11.6 Å². The van der Waals surface area contributed by atoms with Gasteiger partial charge in [0.05, 0.1) is 12.5 Å². The maximum Gasteiger partial charge on any atom is 0.246 e. The second-order valence-electron chi connectivity index (χ2n) is 5.33. The van der Waals surface area contributed by atoms with Gasteiger partial charge in [-0.2, -0.15) is 4.98 Å². The summed E-state index contributed by atoms with van der Waals surface area (Å²) in [5, 5.41) is 6.97. The number of carbonyl (C=O) groups excluding carboxylic acids is 2. The van der Waals surface area contributed by atoms with Gasteiger partial charge in [-0.1, -0.05) is 16.8 Å². The van der Waals surface area contributed by atoms with Gasteiger partial charge in [0, 0.05) is 23.7 Å². The largest absolute Gasteiger partial charge is 0.347 e. The first-order valence-electron chi connectivity index (χ1n) is 7.16. The molecule has 1 aliphatic heterocycles. The van der Waals surface area contributed by atoms with Crippen molar-refractivity contribution in [2.45, 2.75) is 19.9 Å². The van der Waals surface area contributed by atoms with Gasteiger partial charge in [0.2, 0.25) is 17.7 Å². The zero-order valence-electron chi connectivity index (χ0n) is 12.5. The van der Waals surface area contributed by atoms with Crippen LogP contribution in [0.4, 0.5) is 5.69 Å². The van der Waals surface area contributed by atoms with Gasteiger partial charge in [-0.15, -0.1) is 0 Å². The lowest BCUT2D eigenvalue weighted by atomic mass is 10.1. The summed E-state index contributed by atoms with van der Waals surface area (Å²) in [7, 11) is 0. The van der Waals surface area contributed by atoms with Gasteiger partial charge in [0.25, 0.3) is 0 Å². The summed E-state index contributed by atoms with van der Waals surface area (Å²) in [5.41, 5.74) is 0.738. The second-order valence-corrected chi connectivity index (χ2v) is 5.77. The summed E-state index contributed by atoms with van der Waals surface area (Å²) in [6.45, 7) is 2.20. The molecule has 0 radical (unpaired) electrons. The van der Waals surface area contributed by atoms with Gasteiger partial charge in [0.15, 0.2) is 5.82 Å². The van der Waals surface area contributed by atoms with E-state index in [4.69, 9.17) is 16.1 Å². The van der Waals surface area contributed by atoms with E-state index in [2.05, 4.69) is 15.5 Å². The molecule has 7 nitrogen and oxygen atoms in total. The highest BCUT2D eigenvalue weighted by Crippen LogP contribution is 2.26. The minimum Gasteiger partial charge on any atom is -0.347 e. The van der Waals surface area contributed by atoms with Crippen molar-refractivity contribution >= 4 is 29.1 Å². The molecule has 1 unspecified atom stereocenters. The van der Waals surface area contributed by atoms with Gasteiger partial charge >= 0.3 is 0 Å². The Hall–Kier alpha value is -2.41. The van der Waals surface area contributed by atoms with Crippen molar-refractivity contribution in [1.29, 1.82) is 0 Å². The number of aryl methyl sites for hydroxylation is 1.